The second-order valence-electron chi connectivity index (χ2n) is 3.43. The van der Waals surface area contributed by atoms with Crippen LogP contribution in [0.1, 0.15) is 5.56 Å². The van der Waals surface area contributed by atoms with Gasteiger partial charge >= 0.3 is 6.09 Å². The van der Waals surface area contributed by atoms with Gasteiger partial charge in [0.1, 0.15) is 11.8 Å². The molecule has 1 atom stereocenters. The molecule has 1 fully saturated rings. The van der Waals surface area contributed by atoms with Crippen molar-refractivity contribution in [3.05, 3.63) is 29.8 Å². The molecule has 1 unspecified atom stereocenters. The maximum atomic E-state index is 11.4. The maximum Gasteiger partial charge on any atom is 0.416 e. The highest BCUT2D eigenvalue weighted by Crippen LogP contribution is 2.22. The highest BCUT2D eigenvalue weighted by Gasteiger charge is 2.40. The van der Waals surface area contributed by atoms with Crippen molar-refractivity contribution in [2.24, 2.45) is 0 Å². The number of carbonyl (C=O) groups is 1. The summed E-state index contributed by atoms with van der Waals surface area (Å²) in [6, 6.07) is 8.98. The Kier molecular flexibility index (Phi) is 2.30. The summed E-state index contributed by atoms with van der Waals surface area (Å²) in [6.45, 7) is 2.34. The summed E-state index contributed by atoms with van der Waals surface area (Å²) in [4.78, 5) is 12.8. The molecule has 76 valence electrons. The lowest BCUT2D eigenvalue weighted by molar-refractivity contribution is 0.184. The van der Waals surface area contributed by atoms with Gasteiger partial charge in [-0.25, -0.2) is 4.79 Å². The van der Waals surface area contributed by atoms with Crippen LogP contribution >= 0.6 is 0 Å². The van der Waals surface area contributed by atoms with Crippen LogP contribution in [0.4, 0.5) is 4.79 Å². The average molecular weight is 202 g/mol. The van der Waals surface area contributed by atoms with Gasteiger partial charge in [-0.15, -0.1) is 0 Å². The van der Waals surface area contributed by atoms with E-state index in [0.717, 1.165) is 5.56 Å². The van der Waals surface area contributed by atoms with Gasteiger partial charge in [0.25, 0.3) is 0 Å². The molecule has 1 aliphatic rings. The van der Waals surface area contributed by atoms with E-state index >= 15 is 0 Å². The molecule has 4 nitrogen and oxygen atoms in total. The molecule has 0 N–H and O–H groups in total. The van der Waals surface area contributed by atoms with E-state index in [1.807, 2.05) is 25.1 Å². The van der Waals surface area contributed by atoms with Gasteiger partial charge in [0.2, 0.25) is 0 Å². The monoisotopic (exact) mass is 202 g/mol. The Labute approximate surface area is 87.7 Å². The number of hydrogen-bond acceptors (Lipinski definition) is 3. The van der Waals surface area contributed by atoms with Crippen LogP contribution < -0.4 is 4.74 Å². The summed E-state index contributed by atoms with van der Waals surface area (Å²) >= 11 is 0. The molecule has 1 saturated heterocycles. The van der Waals surface area contributed by atoms with Gasteiger partial charge in [0.05, 0.1) is 12.6 Å². The lowest BCUT2D eigenvalue weighted by Gasteiger charge is -2.06. The zero-order valence-corrected chi connectivity index (χ0v) is 8.30. The molecule has 0 saturated carbocycles. The van der Waals surface area contributed by atoms with E-state index in [-0.39, 0.29) is 6.04 Å². The fourth-order valence-corrected chi connectivity index (χ4v) is 1.28. The van der Waals surface area contributed by atoms with Gasteiger partial charge in [-0.05, 0) is 18.6 Å². The third kappa shape index (κ3) is 1.91. The van der Waals surface area contributed by atoms with Crippen LogP contribution in [0.15, 0.2) is 24.3 Å². The van der Waals surface area contributed by atoms with Crippen molar-refractivity contribution in [2.45, 2.75) is 13.0 Å². The fourth-order valence-electron chi connectivity index (χ4n) is 1.28. The molecule has 1 aromatic carbocycles. The first-order valence-corrected chi connectivity index (χ1v) is 4.66. The molecule has 0 aromatic heterocycles. The van der Waals surface area contributed by atoms with Crippen molar-refractivity contribution >= 4 is 6.09 Å². The van der Waals surface area contributed by atoms with Crippen LogP contribution in [0.5, 0.6) is 5.75 Å². The van der Waals surface area contributed by atoms with Crippen LogP contribution in [0.2, 0.25) is 0 Å². The topological polar surface area (TPSA) is 53.1 Å². The quantitative estimate of drug-likeness (QED) is 0.651. The van der Waals surface area contributed by atoms with Crippen LogP contribution in [-0.2, 0) is 0 Å². The number of benzene rings is 1. The van der Waals surface area contributed by atoms with E-state index in [9.17, 15) is 4.79 Å². The normalized spacial score (nSPS) is 18.1. The minimum absolute atomic E-state index is 0.304. The first-order chi connectivity index (χ1) is 7.22. The number of nitrogens with zero attached hydrogens (tertiary/aromatic N) is 2. The van der Waals surface area contributed by atoms with Gasteiger partial charge in [0, 0.05) is 0 Å². The fraction of sp³-hybridized carbons (Fsp3) is 0.273. The van der Waals surface area contributed by atoms with Gasteiger partial charge in [0.15, 0.2) is 0 Å². The van der Waals surface area contributed by atoms with E-state index < -0.39 is 6.09 Å². The Hall–Kier alpha value is -2.02. The largest absolute Gasteiger partial charge is 0.416 e. The van der Waals surface area contributed by atoms with Gasteiger partial charge in [-0.1, -0.05) is 18.2 Å². The minimum Gasteiger partial charge on any atom is -0.410 e. The zero-order chi connectivity index (χ0) is 10.8. The SMILES string of the molecule is Cc1ccccc1OC(=O)N1CC1C#N. The number of aryl methyl sites for hydroxylation is 1. The van der Waals surface area contributed by atoms with Gasteiger partial charge in [-0.3, -0.25) is 4.90 Å². The Bertz CT molecular complexity index is 436. The second kappa shape index (κ2) is 3.62. The van der Waals surface area contributed by atoms with Crippen LogP contribution in [-0.4, -0.2) is 23.6 Å². The number of nitriles is 1. The molecule has 4 heteroatoms. The standard InChI is InChI=1S/C11H10N2O2/c1-8-4-2-3-5-10(8)15-11(14)13-7-9(13)6-12/h2-5,9H,7H2,1H3. The van der Waals surface area contributed by atoms with Crippen molar-refractivity contribution in [3.63, 3.8) is 0 Å². The summed E-state index contributed by atoms with van der Waals surface area (Å²) in [7, 11) is 0. The van der Waals surface area contributed by atoms with E-state index in [4.69, 9.17) is 10.00 Å². The van der Waals surface area contributed by atoms with Crippen molar-refractivity contribution < 1.29 is 9.53 Å². The number of rotatable bonds is 1. The number of para-hydroxylation sites is 1. The van der Waals surface area contributed by atoms with Crippen molar-refractivity contribution in [3.8, 4) is 11.8 Å². The third-order valence-electron chi connectivity index (χ3n) is 2.29. The zero-order valence-electron chi connectivity index (χ0n) is 8.30. The Morgan fingerprint density at radius 1 is 1.60 bits per heavy atom. The van der Waals surface area contributed by atoms with Crippen molar-refractivity contribution in [1.82, 2.24) is 4.90 Å². The van der Waals surface area contributed by atoms with Crippen LogP contribution in [0.25, 0.3) is 0 Å². The molecule has 0 spiro atoms. The molecule has 1 aromatic rings. The number of amides is 1. The molecule has 1 aliphatic heterocycles. The highest BCUT2D eigenvalue weighted by molar-refractivity contribution is 5.74. The van der Waals surface area contributed by atoms with Gasteiger partial charge in [-0.2, -0.15) is 5.26 Å². The summed E-state index contributed by atoms with van der Waals surface area (Å²) in [5, 5.41) is 8.55. The average Bonchev–Trinajstić information content (AvgIpc) is 3.00. The second-order valence-corrected chi connectivity index (χ2v) is 3.43. The van der Waals surface area contributed by atoms with Crippen LogP contribution in [0, 0.1) is 18.3 Å². The number of hydrogen-bond donors (Lipinski definition) is 0. The molecular formula is C11H10N2O2. The third-order valence-corrected chi connectivity index (χ3v) is 2.29. The lowest BCUT2D eigenvalue weighted by atomic mass is 10.2. The molecule has 0 bridgehead atoms. The van der Waals surface area contributed by atoms with Crippen molar-refractivity contribution in [1.29, 1.82) is 5.26 Å². The van der Waals surface area contributed by atoms with E-state index in [1.54, 1.807) is 12.1 Å². The van der Waals surface area contributed by atoms with E-state index in [2.05, 4.69) is 0 Å². The van der Waals surface area contributed by atoms with Crippen LogP contribution in [0.3, 0.4) is 0 Å². The molecule has 0 aliphatic carbocycles. The Morgan fingerprint density at radius 3 is 2.93 bits per heavy atom. The molecule has 1 amide bonds. The summed E-state index contributed by atoms with van der Waals surface area (Å²) in [5.74, 6) is 0.547. The predicted molar refractivity (Wildman–Crippen MR) is 53.3 cm³/mol. The molecule has 1 heterocycles. The summed E-state index contributed by atoms with van der Waals surface area (Å²) in [6.07, 6.45) is -0.448. The smallest absolute Gasteiger partial charge is 0.410 e. The Morgan fingerprint density at radius 2 is 2.33 bits per heavy atom. The minimum atomic E-state index is -0.448. The van der Waals surface area contributed by atoms with E-state index in [0.29, 0.717) is 12.3 Å². The summed E-state index contributed by atoms with van der Waals surface area (Å²) < 4.78 is 5.14. The maximum absolute atomic E-state index is 11.4. The first-order valence-electron chi connectivity index (χ1n) is 4.66. The lowest BCUT2D eigenvalue weighted by Crippen LogP contribution is -2.18. The molecule has 15 heavy (non-hydrogen) atoms. The number of carbonyl (C=O) groups excluding carboxylic acids is 1. The number of ether oxygens (including phenoxy) is 1. The Balaban J connectivity index is 2.02. The summed E-state index contributed by atoms with van der Waals surface area (Å²) in [5.41, 5.74) is 0.904. The first kappa shape index (κ1) is 9.53. The molecular weight excluding hydrogens is 192 g/mol. The predicted octanol–water partition coefficient (Wildman–Crippen LogP) is 1.70. The van der Waals surface area contributed by atoms with Gasteiger partial charge < -0.3 is 4.74 Å². The molecule has 0 radical (unpaired) electrons. The van der Waals surface area contributed by atoms with Crippen molar-refractivity contribution in [2.75, 3.05) is 6.54 Å². The highest BCUT2D eigenvalue weighted by atomic mass is 16.6. The molecule has 2 rings (SSSR count). The van der Waals surface area contributed by atoms with E-state index in [1.165, 1.54) is 4.90 Å².